The highest BCUT2D eigenvalue weighted by Gasteiger charge is 2.36. The largest absolute Gasteiger partial charge is 0.278 e. The number of carbonyl (C=O) groups is 2. The van der Waals surface area contributed by atoms with Gasteiger partial charge in [-0.25, -0.2) is 13.4 Å². The lowest BCUT2D eigenvalue weighted by molar-refractivity contribution is 0.0693. The van der Waals surface area contributed by atoms with E-state index in [1.165, 1.54) is 25.4 Å². The molecule has 0 spiro atoms. The van der Waals surface area contributed by atoms with Crippen molar-refractivity contribution in [2.45, 2.75) is 23.0 Å². The first kappa shape index (κ1) is 15.3. The predicted octanol–water partition coefficient (Wildman–Crippen LogP) is 2.05. The molecule has 7 nitrogen and oxygen atoms in total. The van der Waals surface area contributed by atoms with Crippen LogP contribution in [0, 0.1) is 0 Å². The molecular weight excluding hydrogens is 350 g/mol. The Morgan fingerprint density at radius 3 is 2.71 bits per heavy atom. The second-order valence-electron chi connectivity index (χ2n) is 5.79. The summed E-state index contributed by atoms with van der Waals surface area (Å²) in [5.74, 6) is -0.589. The van der Waals surface area contributed by atoms with Crippen LogP contribution in [0.25, 0.3) is 0 Å². The van der Waals surface area contributed by atoms with Gasteiger partial charge in [0.2, 0.25) is 0 Å². The molecule has 0 atom stereocenters. The molecular formula is C15H13N3O4S2. The molecule has 124 valence electrons. The minimum Gasteiger partial charge on any atom is -0.278 e. The average molecular weight is 363 g/mol. The van der Waals surface area contributed by atoms with Crippen LogP contribution in [0.2, 0.25) is 0 Å². The molecule has 2 heterocycles. The standard InChI is InChI=1S/C15H13N3O4S2/c1-18-14(19)9-3-2-4-10(12(9)15(18)20)17-24(21,22)11-7-16-13(23-11)8-5-6-8/h2-4,7-8,17H,5-6H2,1H3. The van der Waals surface area contributed by atoms with E-state index in [-0.39, 0.29) is 21.0 Å². The van der Waals surface area contributed by atoms with Crippen LogP contribution in [0.4, 0.5) is 5.69 Å². The number of thiazole rings is 1. The van der Waals surface area contributed by atoms with Crippen molar-refractivity contribution in [3.63, 3.8) is 0 Å². The molecule has 24 heavy (non-hydrogen) atoms. The highest BCUT2D eigenvalue weighted by atomic mass is 32.2. The van der Waals surface area contributed by atoms with Crippen LogP contribution in [0.1, 0.15) is 44.5 Å². The third-order valence-electron chi connectivity index (χ3n) is 4.06. The Labute approximate surface area is 142 Å². The Morgan fingerprint density at radius 1 is 1.25 bits per heavy atom. The summed E-state index contributed by atoms with van der Waals surface area (Å²) in [7, 11) is -2.49. The quantitative estimate of drug-likeness (QED) is 0.839. The normalized spacial score (nSPS) is 17.3. The van der Waals surface area contributed by atoms with E-state index in [0.717, 1.165) is 34.1 Å². The van der Waals surface area contributed by atoms with Crippen LogP contribution >= 0.6 is 11.3 Å². The first-order valence-corrected chi connectivity index (χ1v) is 9.62. The number of nitrogens with zero attached hydrogens (tertiary/aromatic N) is 2. The number of rotatable bonds is 4. The fourth-order valence-electron chi connectivity index (χ4n) is 2.60. The van der Waals surface area contributed by atoms with E-state index in [1.54, 1.807) is 6.07 Å². The minimum absolute atomic E-state index is 0.0838. The summed E-state index contributed by atoms with van der Waals surface area (Å²) in [5, 5.41) is 0.819. The molecule has 0 bridgehead atoms. The Hall–Kier alpha value is -2.26. The van der Waals surface area contributed by atoms with Crippen molar-refractivity contribution in [3.05, 3.63) is 40.5 Å². The maximum absolute atomic E-state index is 12.6. The SMILES string of the molecule is CN1C(=O)c2cccc(NS(=O)(=O)c3cnc(C4CC4)s3)c2C1=O. The van der Waals surface area contributed by atoms with E-state index >= 15 is 0 Å². The summed E-state index contributed by atoms with van der Waals surface area (Å²) >= 11 is 1.14. The van der Waals surface area contributed by atoms with Crippen LogP contribution in [-0.2, 0) is 10.0 Å². The predicted molar refractivity (Wildman–Crippen MR) is 87.8 cm³/mol. The van der Waals surface area contributed by atoms with E-state index in [9.17, 15) is 18.0 Å². The van der Waals surface area contributed by atoms with Gasteiger partial charge in [-0.05, 0) is 25.0 Å². The summed E-state index contributed by atoms with van der Waals surface area (Å²) in [6.45, 7) is 0. The monoisotopic (exact) mass is 363 g/mol. The zero-order valence-corrected chi connectivity index (χ0v) is 14.3. The third kappa shape index (κ3) is 2.31. The topological polar surface area (TPSA) is 96.4 Å². The van der Waals surface area contributed by atoms with Gasteiger partial charge in [0.05, 0.1) is 28.0 Å². The van der Waals surface area contributed by atoms with Crippen molar-refractivity contribution in [2.24, 2.45) is 0 Å². The lowest BCUT2D eigenvalue weighted by Gasteiger charge is -2.09. The van der Waals surface area contributed by atoms with Gasteiger partial charge >= 0.3 is 0 Å². The molecule has 0 saturated heterocycles. The summed E-state index contributed by atoms with van der Waals surface area (Å²) in [5.41, 5.74) is 0.391. The van der Waals surface area contributed by atoms with E-state index in [4.69, 9.17) is 0 Å². The van der Waals surface area contributed by atoms with Crippen LogP contribution in [0.5, 0.6) is 0 Å². The molecule has 9 heteroatoms. The number of fused-ring (bicyclic) bond motifs is 1. The number of hydrogen-bond acceptors (Lipinski definition) is 6. The first-order valence-electron chi connectivity index (χ1n) is 7.32. The van der Waals surface area contributed by atoms with Gasteiger partial charge < -0.3 is 0 Å². The van der Waals surface area contributed by atoms with Gasteiger partial charge in [-0.3, -0.25) is 19.2 Å². The second-order valence-corrected chi connectivity index (χ2v) is 8.77. The number of anilines is 1. The van der Waals surface area contributed by atoms with E-state index in [2.05, 4.69) is 9.71 Å². The maximum Gasteiger partial charge on any atom is 0.273 e. The molecule has 2 aromatic rings. The maximum atomic E-state index is 12.6. The van der Waals surface area contributed by atoms with Gasteiger partial charge in [-0.15, -0.1) is 11.3 Å². The fourth-order valence-corrected chi connectivity index (χ4v) is 4.99. The molecule has 1 aliphatic carbocycles. The van der Waals surface area contributed by atoms with Crippen molar-refractivity contribution in [1.29, 1.82) is 0 Å². The molecule has 0 radical (unpaired) electrons. The van der Waals surface area contributed by atoms with Crippen molar-refractivity contribution in [1.82, 2.24) is 9.88 Å². The number of imide groups is 1. The molecule has 1 aromatic heterocycles. The molecule has 1 fully saturated rings. The lowest BCUT2D eigenvalue weighted by Crippen LogP contribution is -2.24. The van der Waals surface area contributed by atoms with Crippen molar-refractivity contribution in [2.75, 3.05) is 11.8 Å². The number of aromatic nitrogens is 1. The highest BCUT2D eigenvalue weighted by molar-refractivity contribution is 7.94. The molecule has 1 aliphatic heterocycles. The van der Waals surface area contributed by atoms with Crippen molar-refractivity contribution < 1.29 is 18.0 Å². The summed E-state index contributed by atoms with van der Waals surface area (Å²) in [6, 6.07) is 4.53. The second kappa shape index (κ2) is 5.12. The number of amides is 2. The van der Waals surface area contributed by atoms with Crippen molar-refractivity contribution in [3.8, 4) is 0 Å². The third-order valence-corrected chi connectivity index (χ3v) is 7.04. The Morgan fingerprint density at radius 2 is 2.00 bits per heavy atom. The zero-order chi connectivity index (χ0) is 17.1. The lowest BCUT2D eigenvalue weighted by atomic mass is 10.1. The Balaban J connectivity index is 1.71. The number of hydrogen-bond donors (Lipinski definition) is 1. The van der Waals surface area contributed by atoms with Crippen LogP contribution in [-0.4, -0.2) is 37.2 Å². The van der Waals surface area contributed by atoms with Crippen LogP contribution in [0.3, 0.4) is 0 Å². The van der Waals surface area contributed by atoms with Crippen LogP contribution in [0.15, 0.2) is 28.6 Å². The van der Waals surface area contributed by atoms with Gasteiger partial charge in [0.1, 0.15) is 0 Å². The summed E-state index contributed by atoms with van der Waals surface area (Å²) < 4.78 is 27.7. The molecule has 1 N–H and O–H groups in total. The van der Waals surface area contributed by atoms with Gasteiger partial charge in [-0.2, -0.15) is 0 Å². The Kier molecular flexibility index (Phi) is 3.26. The fraction of sp³-hybridized carbons (Fsp3) is 0.267. The van der Waals surface area contributed by atoms with Gasteiger partial charge in [0.15, 0.2) is 4.21 Å². The molecule has 1 aromatic carbocycles. The highest BCUT2D eigenvalue weighted by Crippen LogP contribution is 2.42. The molecule has 4 rings (SSSR count). The zero-order valence-electron chi connectivity index (χ0n) is 12.6. The summed E-state index contributed by atoms with van der Waals surface area (Å²) in [6.07, 6.45) is 3.41. The number of sulfonamides is 1. The number of benzene rings is 1. The van der Waals surface area contributed by atoms with Crippen LogP contribution < -0.4 is 4.72 Å². The van der Waals surface area contributed by atoms with E-state index < -0.39 is 21.8 Å². The molecule has 0 unspecified atom stereocenters. The van der Waals surface area contributed by atoms with Gasteiger partial charge in [0, 0.05) is 13.0 Å². The number of carbonyl (C=O) groups excluding carboxylic acids is 2. The van der Waals surface area contributed by atoms with Gasteiger partial charge in [0.25, 0.3) is 21.8 Å². The molecule has 1 saturated carbocycles. The van der Waals surface area contributed by atoms with E-state index in [1.807, 2.05) is 0 Å². The average Bonchev–Trinajstić information content (AvgIpc) is 3.23. The summed E-state index contributed by atoms with van der Waals surface area (Å²) in [4.78, 5) is 29.4. The molecule has 2 aliphatic rings. The van der Waals surface area contributed by atoms with Gasteiger partial charge in [-0.1, -0.05) is 6.07 Å². The Bertz CT molecular complexity index is 976. The molecule has 2 amide bonds. The number of nitrogens with one attached hydrogen (secondary N) is 1. The van der Waals surface area contributed by atoms with Crippen molar-refractivity contribution >= 4 is 38.9 Å². The minimum atomic E-state index is -3.85. The first-order chi connectivity index (χ1) is 11.4. The van der Waals surface area contributed by atoms with E-state index in [0.29, 0.717) is 5.92 Å². The smallest absolute Gasteiger partial charge is 0.273 e.